The van der Waals surface area contributed by atoms with Crippen molar-refractivity contribution in [3.05, 3.63) is 72.1 Å². The zero-order valence-corrected chi connectivity index (χ0v) is 12.5. The summed E-state index contributed by atoms with van der Waals surface area (Å²) in [6, 6.07) is 17.9. The molecule has 3 aromatic rings. The summed E-state index contributed by atoms with van der Waals surface area (Å²) < 4.78 is 5.64. The Morgan fingerprint density at radius 1 is 1.04 bits per heavy atom. The quantitative estimate of drug-likeness (QED) is 0.797. The van der Waals surface area contributed by atoms with E-state index in [2.05, 4.69) is 9.97 Å². The van der Waals surface area contributed by atoms with Crippen molar-refractivity contribution < 1.29 is 9.53 Å². The van der Waals surface area contributed by atoms with Gasteiger partial charge in [-0.05, 0) is 12.1 Å². The number of hydrogen-bond acceptors (Lipinski definition) is 5. The lowest BCUT2D eigenvalue weighted by Crippen LogP contribution is -2.15. The van der Waals surface area contributed by atoms with E-state index < -0.39 is 5.91 Å². The second kappa shape index (κ2) is 6.58. The summed E-state index contributed by atoms with van der Waals surface area (Å²) in [5.41, 5.74) is 6.45. The van der Waals surface area contributed by atoms with Crippen molar-refractivity contribution in [3.8, 4) is 29.0 Å². The molecule has 1 heterocycles. The number of benzene rings is 2. The Kier molecular flexibility index (Phi) is 4.17. The minimum atomic E-state index is -0.737. The maximum Gasteiger partial charge on any atom is 0.271 e. The van der Waals surface area contributed by atoms with Crippen molar-refractivity contribution in [1.82, 2.24) is 9.97 Å². The van der Waals surface area contributed by atoms with E-state index in [4.69, 9.17) is 15.7 Å². The molecule has 0 unspecified atom stereocenters. The summed E-state index contributed by atoms with van der Waals surface area (Å²) in [4.78, 5) is 20.2. The molecule has 6 heteroatoms. The molecular formula is C18H12N4O2. The van der Waals surface area contributed by atoms with Gasteiger partial charge in [0.2, 0.25) is 0 Å². The Labute approximate surface area is 138 Å². The highest BCUT2D eigenvalue weighted by Gasteiger charge is 2.16. The van der Waals surface area contributed by atoms with E-state index in [0.29, 0.717) is 17.1 Å². The molecule has 0 radical (unpaired) electrons. The van der Waals surface area contributed by atoms with Gasteiger partial charge in [-0.15, -0.1) is 0 Å². The first kappa shape index (κ1) is 15.2. The van der Waals surface area contributed by atoms with Crippen LogP contribution in [0.3, 0.4) is 0 Å². The van der Waals surface area contributed by atoms with Crippen LogP contribution in [0, 0.1) is 11.3 Å². The van der Waals surface area contributed by atoms with E-state index in [0.717, 1.165) is 5.56 Å². The lowest BCUT2D eigenvalue weighted by molar-refractivity contribution is 0.0993. The Hall–Kier alpha value is -3.72. The first-order valence-corrected chi connectivity index (χ1v) is 7.08. The summed E-state index contributed by atoms with van der Waals surface area (Å²) in [6.45, 7) is 0. The predicted molar refractivity (Wildman–Crippen MR) is 87.2 cm³/mol. The molecule has 0 spiro atoms. The van der Waals surface area contributed by atoms with E-state index in [1.165, 1.54) is 6.20 Å². The van der Waals surface area contributed by atoms with Crippen molar-refractivity contribution >= 4 is 5.91 Å². The molecule has 0 fully saturated rings. The molecular weight excluding hydrogens is 304 g/mol. The van der Waals surface area contributed by atoms with Crippen LogP contribution >= 0.6 is 0 Å². The fourth-order valence-electron chi connectivity index (χ4n) is 2.11. The molecule has 0 aliphatic rings. The highest BCUT2D eigenvalue weighted by atomic mass is 16.5. The fourth-order valence-corrected chi connectivity index (χ4v) is 2.11. The van der Waals surface area contributed by atoms with Crippen molar-refractivity contribution in [2.24, 2.45) is 5.73 Å². The number of aromatic nitrogens is 2. The third kappa shape index (κ3) is 3.05. The summed E-state index contributed by atoms with van der Waals surface area (Å²) in [6.07, 6.45) is 1.38. The Morgan fingerprint density at radius 2 is 1.75 bits per heavy atom. The van der Waals surface area contributed by atoms with Crippen LogP contribution in [0.25, 0.3) is 11.4 Å². The number of carbonyl (C=O) groups excluding carboxylic acids is 1. The molecule has 0 saturated carbocycles. The highest BCUT2D eigenvalue weighted by molar-refractivity contribution is 5.94. The smallest absolute Gasteiger partial charge is 0.271 e. The number of nitriles is 1. The van der Waals surface area contributed by atoms with E-state index in [1.807, 2.05) is 36.4 Å². The second-order valence-electron chi connectivity index (χ2n) is 4.85. The number of hydrogen-bond donors (Lipinski definition) is 1. The van der Waals surface area contributed by atoms with Crippen molar-refractivity contribution in [2.75, 3.05) is 0 Å². The van der Waals surface area contributed by atoms with Crippen LogP contribution in [0.15, 0.2) is 60.8 Å². The van der Waals surface area contributed by atoms with Gasteiger partial charge in [0.05, 0.1) is 11.8 Å². The molecule has 1 amide bonds. The van der Waals surface area contributed by atoms with E-state index in [1.54, 1.807) is 24.3 Å². The first-order valence-electron chi connectivity index (χ1n) is 7.08. The van der Waals surface area contributed by atoms with E-state index >= 15 is 0 Å². The number of nitrogens with two attached hydrogens (primary N) is 1. The van der Waals surface area contributed by atoms with Gasteiger partial charge < -0.3 is 10.5 Å². The Morgan fingerprint density at radius 3 is 2.46 bits per heavy atom. The van der Waals surface area contributed by atoms with Crippen LogP contribution in [0.1, 0.15) is 16.1 Å². The summed E-state index contributed by atoms with van der Waals surface area (Å²) in [5, 5.41) is 9.11. The molecule has 2 aromatic carbocycles. The minimum Gasteiger partial charge on any atom is -0.452 e. The number of carbonyl (C=O) groups is 1. The molecule has 0 atom stereocenters. The molecule has 0 aliphatic carbocycles. The van der Waals surface area contributed by atoms with Gasteiger partial charge in [-0.1, -0.05) is 42.5 Å². The summed E-state index contributed by atoms with van der Waals surface area (Å²) in [5.74, 6) is 0.0350. The number of amides is 1. The van der Waals surface area contributed by atoms with Crippen molar-refractivity contribution in [1.29, 1.82) is 5.26 Å². The van der Waals surface area contributed by atoms with Crippen molar-refractivity contribution in [3.63, 3.8) is 0 Å². The van der Waals surface area contributed by atoms with E-state index in [-0.39, 0.29) is 11.4 Å². The zero-order valence-electron chi connectivity index (χ0n) is 12.5. The van der Waals surface area contributed by atoms with Gasteiger partial charge in [-0.2, -0.15) is 5.26 Å². The van der Waals surface area contributed by atoms with Gasteiger partial charge in [-0.3, -0.25) is 4.79 Å². The lowest BCUT2D eigenvalue weighted by atomic mass is 10.2. The number of ether oxygens (including phenoxy) is 1. The van der Waals surface area contributed by atoms with Gasteiger partial charge >= 0.3 is 0 Å². The van der Waals surface area contributed by atoms with Crippen molar-refractivity contribution in [2.45, 2.75) is 0 Å². The minimum absolute atomic E-state index is 0.0448. The third-order valence-corrected chi connectivity index (χ3v) is 3.25. The maximum absolute atomic E-state index is 11.7. The largest absolute Gasteiger partial charge is 0.452 e. The number of primary amides is 1. The number of para-hydroxylation sites is 1. The first-order chi connectivity index (χ1) is 11.7. The van der Waals surface area contributed by atoms with Crippen LogP contribution in [0.4, 0.5) is 0 Å². The molecule has 0 aliphatic heterocycles. The highest BCUT2D eigenvalue weighted by Crippen LogP contribution is 2.27. The van der Waals surface area contributed by atoms with Gasteiger partial charge in [0, 0.05) is 5.56 Å². The Balaban J connectivity index is 2.03. The zero-order chi connectivity index (χ0) is 16.9. The lowest BCUT2D eigenvalue weighted by Gasteiger charge is -2.10. The summed E-state index contributed by atoms with van der Waals surface area (Å²) in [7, 11) is 0. The molecule has 2 N–H and O–H groups in total. The fraction of sp³-hybridized carbons (Fsp3) is 0. The molecule has 24 heavy (non-hydrogen) atoms. The van der Waals surface area contributed by atoms with Gasteiger partial charge in [0.15, 0.2) is 17.3 Å². The average Bonchev–Trinajstić information content (AvgIpc) is 2.63. The molecule has 3 rings (SSSR count). The Bertz CT molecular complexity index is 933. The predicted octanol–water partition coefficient (Wildman–Crippen LogP) is 2.91. The molecule has 6 nitrogen and oxygen atoms in total. The van der Waals surface area contributed by atoms with E-state index in [9.17, 15) is 4.79 Å². The molecule has 0 bridgehead atoms. The second-order valence-corrected chi connectivity index (χ2v) is 4.85. The van der Waals surface area contributed by atoms with Crippen LogP contribution in [-0.2, 0) is 0 Å². The SMILES string of the molecule is N#Cc1ccccc1Oc1cnc(-c2ccccc2)nc1C(N)=O. The molecule has 0 saturated heterocycles. The van der Waals surface area contributed by atoms with Crippen LogP contribution < -0.4 is 10.5 Å². The average molecular weight is 316 g/mol. The number of rotatable bonds is 4. The van der Waals surface area contributed by atoms with Crippen LogP contribution in [0.2, 0.25) is 0 Å². The topological polar surface area (TPSA) is 102 Å². The van der Waals surface area contributed by atoms with Gasteiger partial charge in [0.1, 0.15) is 11.8 Å². The monoisotopic (exact) mass is 316 g/mol. The van der Waals surface area contributed by atoms with Gasteiger partial charge in [-0.25, -0.2) is 9.97 Å². The molecule has 1 aromatic heterocycles. The maximum atomic E-state index is 11.7. The third-order valence-electron chi connectivity index (χ3n) is 3.25. The van der Waals surface area contributed by atoms with Gasteiger partial charge in [0.25, 0.3) is 5.91 Å². The number of nitrogens with zero attached hydrogens (tertiary/aromatic N) is 3. The standard InChI is InChI=1S/C18H12N4O2/c19-10-13-8-4-5-9-14(13)24-15-11-21-18(22-16(15)17(20)23)12-6-2-1-3-7-12/h1-9,11H,(H2,20,23). The van der Waals surface area contributed by atoms with Crippen LogP contribution in [0.5, 0.6) is 11.5 Å². The molecule has 116 valence electrons. The normalized spacial score (nSPS) is 9.96. The van der Waals surface area contributed by atoms with Crippen LogP contribution in [-0.4, -0.2) is 15.9 Å². The summed E-state index contributed by atoms with van der Waals surface area (Å²) >= 11 is 0.